The third kappa shape index (κ3) is 10.2. The summed E-state index contributed by atoms with van der Waals surface area (Å²) >= 11 is 0. The van der Waals surface area contributed by atoms with Gasteiger partial charge in [0.15, 0.2) is 0 Å². The van der Waals surface area contributed by atoms with Crippen LogP contribution in [0.25, 0.3) is 0 Å². The highest BCUT2D eigenvalue weighted by atomic mass is 19.4. The van der Waals surface area contributed by atoms with Gasteiger partial charge in [-0.3, -0.25) is 19.2 Å². The number of likely N-dealkylation sites (N-methyl/N-ethyl adjacent to an activating group) is 1. The van der Waals surface area contributed by atoms with Crippen LogP contribution in [0.2, 0.25) is 0 Å². The van der Waals surface area contributed by atoms with E-state index in [0.29, 0.717) is 5.69 Å². The third-order valence-electron chi connectivity index (χ3n) is 6.06. The van der Waals surface area contributed by atoms with Crippen molar-refractivity contribution >= 4 is 29.3 Å². The first kappa shape index (κ1) is 31.6. The topological polar surface area (TPSA) is 123 Å². The smallest absolute Gasteiger partial charge is 0.336 e. The Morgan fingerprint density at radius 1 is 1.13 bits per heavy atom. The van der Waals surface area contributed by atoms with Gasteiger partial charge in [0.25, 0.3) is 0 Å². The molecule has 1 saturated carbocycles. The Balaban J connectivity index is 0.00000124. The number of amides is 4. The Morgan fingerprint density at radius 2 is 1.72 bits per heavy atom. The SMILES string of the molecule is CC(C)C.CN(CC(=O)N1CC(C(=O)Nc2ccccc2)CC1C#N)C(=O)C(CC1CC1)NC(=O)C(F)(F)F. The molecule has 1 aromatic rings. The van der Waals surface area contributed by atoms with Crippen LogP contribution in [0.1, 0.15) is 46.5 Å². The average molecular weight is 552 g/mol. The molecule has 3 unspecified atom stereocenters. The second kappa shape index (κ2) is 14.0. The van der Waals surface area contributed by atoms with Crippen LogP contribution in [-0.2, 0) is 19.2 Å². The normalized spacial score (nSPS) is 19.3. The van der Waals surface area contributed by atoms with E-state index in [1.807, 2.05) is 6.07 Å². The van der Waals surface area contributed by atoms with E-state index in [9.17, 15) is 37.6 Å². The third-order valence-corrected chi connectivity index (χ3v) is 6.06. The number of nitriles is 1. The first-order valence-corrected chi connectivity index (χ1v) is 12.9. The lowest BCUT2D eigenvalue weighted by atomic mass is 10.1. The Labute approximate surface area is 226 Å². The van der Waals surface area contributed by atoms with Gasteiger partial charge >= 0.3 is 12.1 Å². The minimum absolute atomic E-state index is 0.0337. The van der Waals surface area contributed by atoms with Crippen molar-refractivity contribution in [1.82, 2.24) is 15.1 Å². The van der Waals surface area contributed by atoms with E-state index in [1.54, 1.807) is 35.6 Å². The number of likely N-dealkylation sites (tertiary alicyclic amines) is 1. The average Bonchev–Trinajstić information content (AvgIpc) is 3.56. The molecule has 2 fully saturated rings. The van der Waals surface area contributed by atoms with E-state index in [1.165, 1.54) is 11.9 Å². The fourth-order valence-corrected chi connectivity index (χ4v) is 3.98. The number of benzene rings is 1. The largest absolute Gasteiger partial charge is 0.471 e. The van der Waals surface area contributed by atoms with Gasteiger partial charge in [-0.05, 0) is 36.8 Å². The predicted octanol–water partition coefficient (Wildman–Crippen LogP) is 3.33. The van der Waals surface area contributed by atoms with Crippen LogP contribution in [0.5, 0.6) is 0 Å². The van der Waals surface area contributed by atoms with Gasteiger partial charge in [-0.15, -0.1) is 0 Å². The summed E-state index contributed by atoms with van der Waals surface area (Å²) in [6, 6.07) is 8.38. The number of alkyl halides is 3. The van der Waals surface area contributed by atoms with Crippen molar-refractivity contribution in [3.63, 3.8) is 0 Å². The van der Waals surface area contributed by atoms with Gasteiger partial charge in [-0.1, -0.05) is 51.8 Å². The minimum atomic E-state index is -5.14. The molecular weight excluding hydrogens is 515 g/mol. The van der Waals surface area contributed by atoms with Gasteiger partial charge in [-0.2, -0.15) is 18.4 Å². The number of para-hydroxylation sites is 1. The van der Waals surface area contributed by atoms with E-state index >= 15 is 0 Å². The zero-order valence-corrected chi connectivity index (χ0v) is 22.6. The van der Waals surface area contributed by atoms with E-state index in [2.05, 4.69) is 26.1 Å². The summed E-state index contributed by atoms with van der Waals surface area (Å²) in [7, 11) is 1.25. The van der Waals surface area contributed by atoms with Crippen LogP contribution in [0.3, 0.4) is 0 Å². The zero-order valence-electron chi connectivity index (χ0n) is 22.6. The number of hydrogen-bond donors (Lipinski definition) is 2. The summed E-state index contributed by atoms with van der Waals surface area (Å²) in [5, 5.41) is 13.9. The van der Waals surface area contributed by atoms with Crippen molar-refractivity contribution in [1.29, 1.82) is 5.26 Å². The molecule has 2 N–H and O–H groups in total. The maximum Gasteiger partial charge on any atom is 0.471 e. The molecule has 12 heteroatoms. The highest BCUT2D eigenvalue weighted by molar-refractivity contribution is 5.94. The Bertz CT molecular complexity index is 1050. The van der Waals surface area contributed by atoms with Gasteiger partial charge in [0.1, 0.15) is 12.1 Å². The number of halogens is 3. The molecule has 214 valence electrons. The molecule has 1 heterocycles. The van der Waals surface area contributed by atoms with Crippen LogP contribution >= 0.6 is 0 Å². The van der Waals surface area contributed by atoms with Gasteiger partial charge < -0.3 is 20.4 Å². The maximum atomic E-state index is 12.9. The molecule has 1 saturated heterocycles. The summed E-state index contributed by atoms with van der Waals surface area (Å²) in [4.78, 5) is 51.8. The van der Waals surface area contributed by atoms with Gasteiger partial charge in [0, 0.05) is 19.3 Å². The van der Waals surface area contributed by atoms with Crippen LogP contribution in [0.4, 0.5) is 18.9 Å². The molecule has 1 aliphatic carbocycles. The van der Waals surface area contributed by atoms with Gasteiger partial charge in [-0.25, -0.2) is 0 Å². The predicted molar refractivity (Wildman–Crippen MR) is 138 cm³/mol. The molecule has 39 heavy (non-hydrogen) atoms. The molecule has 0 radical (unpaired) electrons. The second-order valence-corrected chi connectivity index (χ2v) is 10.6. The molecule has 3 atom stereocenters. The number of anilines is 1. The van der Waals surface area contributed by atoms with Crippen molar-refractivity contribution in [3.8, 4) is 6.07 Å². The van der Waals surface area contributed by atoms with Crippen molar-refractivity contribution in [2.24, 2.45) is 17.8 Å². The fraction of sp³-hybridized carbons (Fsp3) is 0.593. The lowest BCUT2D eigenvalue weighted by Gasteiger charge is -2.27. The highest BCUT2D eigenvalue weighted by Crippen LogP contribution is 2.34. The molecule has 2 aliphatic rings. The Hall–Kier alpha value is -3.62. The number of rotatable bonds is 8. The summed E-state index contributed by atoms with van der Waals surface area (Å²) in [5.74, 6) is -3.78. The van der Waals surface area contributed by atoms with E-state index < -0.39 is 48.4 Å². The molecular formula is C27H36F3N5O4. The molecule has 3 rings (SSSR count). The first-order valence-electron chi connectivity index (χ1n) is 12.9. The Kier molecular flexibility index (Phi) is 11.3. The van der Waals surface area contributed by atoms with E-state index in [0.717, 1.165) is 23.7 Å². The van der Waals surface area contributed by atoms with E-state index in [4.69, 9.17) is 0 Å². The number of nitrogens with zero attached hydrogens (tertiary/aromatic N) is 3. The van der Waals surface area contributed by atoms with Crippen molar-refractivity contribution in [2.45, 2.75) is 64.7 Å². The van der Waals surface area contributed by atoms with Gasteiger partial charge in [0.2, 0.25) is 17.7 Å². The van der Waals surface area contributed by atoms with E-state index in [-0.39, 0.29) is 31.2 Å². The molecule has 0 bridgehead atoms. The minimum Gasteiger partial charge on any atom is -0.336 e. The van der Waals surface area contributed by atoms with Crippen LogP contribution < -0.4 is 10.6 Å². The molecule has 1 aromatic carbocycles. The number of nitrogens with one attached hydrogen (secondary N) is 2. The molecule has 1 aliphatic heterocycles. The summed E-state index contributed by atoms with van der Waals surface area (Å²) in [5.41, 5.74) is 0.573. The van der Waals surface area contributed by atoms with Gasteiger partial charge in [0.05, 0.1) is 18.5 Å². The number of hydrogen-bond acceptors (Lipinski definition) is 5. The standard InChI is InChI=1S/C23H26F3N5O4.C4H10/c1-30(21(34)18(9-14-7-8-14)29-22(35)23(24,25)26)13-19(32)31-12-15(10-17(31)11-27)20(33)28-16-5-3-2-4-6-16;1-4(2)3/h2-6,14-15,17-18H,7-10,12-13H2,1H3,(H,28,33)(H,29,35);4H,1-3H3. The zero-order chi connectivity index (χ0) is 29.3. The Morgan fingerprint density at radius 3 is 2.23 bits per heavy atom. The summed E-state index contributed by atoms with van der Waals surface area (Å²) in [6.07, 6.45) is -3.48. The fourth-order valence-electron chi connectivity index (χ4n) is 3.98. The molecule has 0 aromatic heterocycles. The molecule has 4 amide bonds. The monoisotopic (exact) mass is 551 g/mol. The lowest BCUT2D eigenvalue weighted by Crippen LogP contribution is -2.53. The number of carbonyl (C=O) groups is 4. The highest BCUT2D eigenvalue weighted by Gasteiger charge is 2.43. The van der Waals surface area contributed by atoms with Crippen molar-refractivity contribution in [3.05, 3.63) is 30.3 Å². The lowest BCUT2D eigenvalue weighted by molar-refractivity contribution is -0.175. The summed E-state index contributed by atoms with van der Waals surface area (Å²) < 4.78 is 38.1. The molecule has 0 spiro atoms. The number of carbonyl (C=O) groups excluding carboxylic acids is 4. The molecule has 9 nitrogen and oxygen atoms in total. The first-order chi connectivity index (χ1) is 18.2. The summed E-state index contributed by atoms with van der Waals surface area (Å²) in [6.45, 7) is 5.96. The second-order valence-electron chi connectivity index (χ2n) is 10.6. The van der Waals surface area contributed by atoms with Crippen molar-refractivity contribution in [2.75, 3.05) is 25.5 Å². The van der Waals surface area contributed by atoms with Crippen LogP contribution in [0.15, 0.2) is 30.3 Å². The van der Waals surface area contributed by atoms with Crippen molar-refractivity contribution < 1.29 is 32.3 Å². The van der Waals surface area contributed by atoms with Crippen LogP contribution in [0, 0.1) is 29.1 Å². The van der Waals surface area contributed by atoms with Crippen LogP contribution in [-0.4, -0.2) is 71.8 Å². The quantitative estimate of drug-likeness (QED) is 0.513. The maximum absolute atomic E-state index is 12.9.